The molecule has 1 aliphatic rings. The molecule has 0 aromatic heterocycles. The van der Waals surface area contributed by atoms with Crippen LogP contribution in [-0.4, -0.2) is 14.7 Å². The summed E-state index contributed by atoms with van der Waals surface area (Å²) >= 11 is -2.15. The maximum Gasteiger partial charge on any atom is 0.262 e. The first-order valence-corrected chi connectivity index (χ1v) is 8.03. The molecular formula is C16H16N2O3S. The van der Waals surface area contributed by atoms with Crippen LogP contribution in [-0.2, 0) is 17.7 Å². The summed E-state index contributed by atoms with van der Waals surface area (Å²) < 4.78 is 23.1. The molecule has 0 bridgehead atoms. The monoisotopic (exact) mass is 316 g/mol. The fourth-order valence-corrected chi connectivity index (χ4v) is 3.80. The number of nitrogens with zero attached hydrogens (tertiary/aromatic N) is 1. The first-order valence-electron chi connectivity index (χ1n) is 6.96. The summed E-state index contributed by atoms with van der Waals surface area (Å²) in [4.78, 5) is 11.5. The highest BCUT2D eigenvalue weighted by Gasteiger charge is 2.33. The van der Waals surface area contributed by atoms with Gasteiger partial charge >= 0.3 is 0 Å². The van der Waals surface area contributed by atoms with E-state index in [-0.39, 0.29) is 6.04 Å². The van der Waals surface area contributed by atoms with Crippen molar-refractivity contribution in [2.45, 2.75) is 18.9 Å². The zero-order valence-electron chi connectivity index (χ0n) is 11.8. The largest absolute Gasteiger partial charge is 0.366 e. The van der Waals surface area contributed by atoms with Crippen molar-refractivity contribution < 1.29 is 13.6 Å². The lowest BCUT2D eigenvalue weighted by Gasteiger charge is -2.27. The summed E-state index contributed by atoms with van der Waals surface area (Å²) in [6, 6.07) is 14.2. The molecule has 22 heavy (non-hydrogen) atoms. The molecule has 2 unspecified atom stereocenters. The van der Waals surface area contributed by atoms with E-state index in [1.54, 1.807) is 24.3 Å². The Hall–Kier alpha value is -2.18. The third-order valence-corrected chi connectivity index (χ3v) is 4.77. The van der Waals surface area contributed by atoms with Gasteiger partial charge in [0.15, 0.2) is 0 Å². The van der Waals surface area contributed by atoms with Crippen LogP contribution in [0.3, 0.4) is 0 Å². The second-order valence-electron chi connectivity index (χ2n) is 5.18. The molecule has 0 saturated carbocycles. The van der Waals surface area contributed by atoms with Crippen LogP contribution in [0, 0.1) is 0 Å². The Morgan fingerprint density at radius 3 is 2.55 bits per heavy atom. The van der Waals surface area contributed by atoms with Crippen molar-refractivity contribution in [3.8, 4) is 0 Å². The molecule has 3 rings (SSSR count). The fourth-order valence-electron chi connectivity index (χ4n) is 3.06. The molecule has 114 valence electrons. The normalized spacial score (nSPS) is 17.8. The van der Waals surface area contributed by atoms with Crippen LogP contribution in [0.1, 0.15) is 33.9 Å². The minimum atomic E-state index is -2.15. The quantitative estimate of drug-likeness (QED) is 0.850. The average Bonchev–Trinajstić information content (AvgIpc) is 2.92. The van der Waals surface area contributed by atoms with Crippen LogP contribution in [0.4, 0.5) is 5.69 Å². The van der Waals surface area contributed by atoms with Crippen LogP contribution in [0.15, 0.2) is 48.5 Å². The molecule has 2 aromatic carbocycles. The number of fused-ring (bicyclic) bond motifs is 1. The van der Waals surface area contributed by atoms with Gasteiger partial charge in [-0.3, -0.25) is 13.7 Å². The molecule has 2 atom stereocenters. The van der Waals surface area contributed by atoms with Gasteiger partial charge in [-0.15, -0.1) is 0 Å². The first kappa shape index (κ1) is 14.7. The van der Waals surface area contributed by atoms with Crippen molar-refractivity contribution in [3.63, 3.8) is 0 Å². The highest BCUT2D eigenvalue weighted by Crippen LogP contribution is 2.40. The molecule has 0 aliphatic heterocycles. The molecule has 0 heterocycles. The van der Waals surface area contributed by atoms with Crippen molar-refractivity contribution in [1.82, 2.24) is 0 Å². The number of carbonyl (C=O) groups excluding carboxylic acids is 1. The Morgan fingerprint density at radius 1 is 1.18 bits per heavy atom. The predicted octanol–water partition coefficient (Wildman–Crippen LogP) is 2.42. The van der Waals surface area contributed by atoms with Gasteiger partial charge in [0.2, 0.25) is 5.91 Å². The van der Waals surface area contributed by atoms with Crippen molar-refractivity contribution in [2.75, 3.05) is 4.31 Å². The van der Waals surface area contributed by atoms with Crippen LogP contribution in [0.2, 0.25) is 0 Å². The maximum absolute atomic E-state index is 11.9. The van der Waals surface area contributed by atoms with Gasteiger partial charge in [0.05, 0.1) is 11.7 Å². The summed E-state index contributed by atoms with van der Waals surface area (Å²) in [7, 11) is 0. The lowest BCUT2D eigenvalue weighted by atomic mass is 10.0. The van der Waals surface area contributed by atoms with Crippen LogP contribution < -0.4 is 10.0 Å². The summed E-state index contributed by atoms with van der Waals surface area (Å²) in [5, 5.41) is 0. The van der Waals surface area contributed by atoms with E-state index in [4.69, 9.17) is 5.73 Å². The number of nitrogens with two attached hydrogens (primary N) is 1. The van der Waals surface area contributed by atoms with Gasteiger partial charge in [-0.05, 0) is 42.2 Å². The van der Waals surface area contributed by atoms with E-state index in [1.165, 1.54) is 4.31 Å². The van der Waals surface area contributed by atoms with Gasteiger partial charge in [0.25, 0.3) is 11.3 Å². The second-order valence-corrected chi connectivity index (χ2v) is 6.04. The smallest absolute Gasteiger partial charge is 0.262 e. The summed E-state index contributed by atoms with van der Waals surface area (Å²) in [6.45, 7) is 0. The highest BCUT2D eigenvalue weighted by atomic mass is 32.2. The number of para-hydroxylation sites is 1. The lowest BCUT2D eigenvalue weighted by Crippen LogP contribution is -2.29. The Morgan fingerprint density at radius 2 is 1.91 bits per heavy atom. The van der Waals surface area contributed by atoms with Crippen molar-refractivity contribution in [2.24, 2.45) is 5.73 Å². The molecule has 1 amide bonds. The number of hydrogen-bond donors (Lipinski definition) is 2. The number of anilines is 1. The number of rotatable bonds is 4. The number of amides is 1. The topological polar surface area (TPSA) is 83.6 Å². The van der Waals surface area contributed by atoms with Gasteiger partial charge in [-0.1, -0.05) is 30.3 Å². The molecule has 5 nitrogen and oxygen atoms in total. The maximum atomic E-state index is 11.9. The molecule has 6 heteroatoms. The predicted molar refractivity (Wildman–Crippen MR) is 85.7 cm³/mol. The van der Waals surface area contributed by atoms with Crippen molar-refractivity contribution >= 4 is 22.9 Å². The van der Waals surface area contributed by atoms with E-state index in [0.29, 0.717) is 24.1 Å². The zero-order chi connectivity index (χ0) is 15.7. The van der Waals surface area contributed by atoms with Crippen LogP contribution in [0.25, 0.3) is 0 Å². The summed E-state index contributed by atoms with van der Waals surface area (Å²) in [5.41, 5.74) is 8.36. The molecule has 1 aliphatic carbocycles. The lowest BCUT2D eigenvalue weighted by molar-refractivity contribution is 0.0999. The fraction of sp³-hybridized carbons (Fsp3) is 0.188. The van der Waals surface area contributed by atoms with E-state index >= 15 is 0 Å². The minimum absolute atomic E-state index is 0.248. The van der Waals surface area contributed by atoms with Crippen molar-refractivity contribution in [1.29, 1.82) is 0 Å². The number of carbonyl (C=O) groups is 1. The van der Waals surface area contributed by atoms with Crippen LogP contribution in [0.5, 0.6) is 0 Å². The molecule has 0 saturated heterocycles. The standard InChI is InChI=1S/C16H16N2O3S/c17-16(19)14-8-4-7-13-12(14)9-10-15(13)18(22(20)21)11-5-2-1-3-6-11/h1-8,15H,9-10H2,(H2,17,19)(H,20,21). The van der Waals surface area contributed by atoms with Gasteiger partial charge in [0.1, 0.15) is 0 Å². The summed E-state index contributed by atoms with van der Waals surface area (Å²) in [5.74, 6) is -0.464. The third kappa shape index (κ3) is 2.51. The molecule has 0 spiro atoms. The van der Waals surface area contributed by atoms with E-state index < -0.39 is 17.2 Å². The Balaban J connectivity index is 2.06. The zero-order valence-corrected chi connectivity index (χ0v) is 12.6. The summed E-state index contributed by atoms with van der Waals surface area (Å²) in [6.07, 6.45) is 1.33. The minimum Gasteiger partial charge on any atom is -0.366 e. The highest BCUT2D eigenvalue weighted by molar-refractivity contribution is 7.80. The van der Waals surface area contributed by atoms with Gasteiger partial charge < -0.3 is 5.73 Å². The van der Waals surface area contributed by atoms with Crippen LogP contribution >= 0.6 is 0 Å². The van der Waals surface area contributed by atoms with Gasteiger partial charge in [-0.25, -0.2) is 4.21 Å². The number of primary amides is 1. The third-order valence-electron chi connectivity index (χ3n) is 3.97. The first-order chi connectivity index (χ1) is 10.6. The number of hydrogen-bond acceptors (Lipinski definition) is 2. The van der Waals surface area contributed by atoms with Gasteiger partial charge in [0, 0.05) is 5.56 Å². The Kier molecular flexibility index (Phi) is 3.96. The average molecular weight is 316 g/mol. The molecule has 0 fully saturated rings. The van der Waals surface area contributed by atoms with E-state index in [1.807, 2.05) is 24.3 Å². The van der Waals surface area contributed by atoms with E-state index in [9.17, 15) is 13.6 Å². The molecule has 3 N–H and O–H groups in total. The van der Waals surface area contributed by atoms with E-state index in [2.05, 4.69) is 0 Å². The van der Waals surface area contributed by atoms with Crippen molar-refractivity contribution in [3.05, 3.63) is 65.2 Å². The molecular weight excluding hydrogens is 300 g/mol. The molecule has 2 aromatic rings. The Labute approximate surface area is 131 Å². The van der Waals surface area contributed by atoms with Gasteiger partial charge in [-0.2, -0.15) is 0 Å². The molecule has 0 radical (unpaired) electrons. The second kappa shape index (κ2) is 5.90. The Bertz CT molecular complexity index is 733. The number of benzene rings is 2. The van der Waals surface area contributed by atoms with E-state index in [0.717, 1.165) is 11.1 Å². The SMILES string of the molecule is NC(=O)c1cccc2c1CCC2N(c1ccccc1)S(=O)O.